The van der Waals surface area contributed by atoms with Crippen molar-refractivity contribution < 1.29 is 0 Å². The van der Waals surface area contributed by atoms with Crippen LogP contribution in [0.15, 0.2) is 19.5 Å². The van der Waals surface area contributed by atoms with Gasteiger partial charge in [-0.1, -0.05) is 0 Å². The lowest BCUT2D eigenvalue weighted by molar-refractivity contribution is 0.581. The van der Waals surface area contributed by atoms with Crippen LogP contribution in [0.3, 0.4) is 0 Å². The van der Waals surface area contributed by atoms with Gasteiger partial charge in [-0.25, -0.2) is 8.58 Å². The van der Waals surface area contributed by atoms with Crippen LogP contribution in [0.2, 0.25) is 0 Å². The third-order valence-electron chi connectivity index (χ3n) is 3.12. The molecule has 0 spiro atoms. The van der Waals surface area contributed by atoms with Crippen molar-refractivity contribution >= 4 is 80.9 Å². The number of piperazine rings is 1. The lowest BCUT2D eigenvalue weighted by Crippen LogP contribution is -2.44. The second kappa shape index (κ2) is 5.63. The van der Waals surface area contributed by atoms with E-state index in [0.717, 1.165) is 56.6 Å². The van der Waals surface area contributed by atoms with Gasteiger partial charge in [0.15, 0.2) is 0 Å². The number of nitrogens with one attached hydrogen (secondary N) is 1. The largest absolute Gasteiger partial charge is 0.339 e. The van der Waals surface area contributed by atoms with Gasteiger partial charge in [0.05, 0.1) is 26.1 Å². The van der Waals surface area contributed by atoms with Crippen molar-refractivity contribution in [3.05, 3.63) is 19.5 Å². The third kappa shape index (κ3) is 2.50. The molecule has 0 atom stereocenters. The van der Waals surface area contributed by atoms with Gasteiger partial charge in [0, 0.05) is 35.1 Å². The number of nitrogens with zero attached hydrogens (tertiary/aromatic N) is 3. The van der Waals surface area contributed by atoms with Crippen molar-refractivity contribution in [2.75, 3.05) is 31.1 Å². The van der Waals surface area contributed by atoms with Crippen LogP contribution in [0.4, 0.5) is 5.95 Å². The quantitative estimate of drug-likeness (QED) is 0.583. The molecule has 1 fully saturated rings. The first-order valence-electron chi connectivity index (χ1n) is 5.77. The standard InChI is InChI=1S/C11H10Br4N4/c12-6-5-7-10(9(14)8(6)13)17-11(19(7)15)18-3-1-16-2-4-18/h5,16H,1-4H2. The zero-order chi connectivity index (χ0) is 13.6. The maximum atomic E-state index is 4.75. The number of imidazole rings is 1. The molecule has 8 heteroatoms. The molecular weight excluding hydrogens is 508 g/mol. The first-order chi connectivity index (χ1) is 9.09. The Labute approximate surface area is 144 Å². The van der Waals surface area contributed by atoms with Crippen molar-refractivity contribution in [3.8, 4) is 0 Å². The molecule has 19 heavy (non-hydrogen) atoms. The summed E-state index contributed by atoms with van der Waals surface area (Å²) in [6.07, 6.45) is 0. The molecule has 2 aromatic rings. The molecule has 0 radical (unpaired) electrons. The minimum Gasteiger partial charge on any atom is -0.339 e. The molecule has 0 aliphatic carbocycles. The fourth-order valence-corrected chi connectivity index (χ4v) is 4.20. The Morgan fingerprint density at radius 1 is 1.11 bits per heavy atom. The SMILES string of the molecule is Brc1cc2c(nc(N3CCNCC3)n2Br)c(Br)c1Br. The van der Waals surface area contributed by atoms with Crippen molar-refractivity contribution in [2.24, 2.45) is 0 Å². The van der Waals surface area contributed by atoms with Crippen molar-refractivity contribution in [1.29, 1.82) is 0 Å². The van der Waals surface area contributed by atoms with E-state index in [1.165, 1.54) is 0 Å². The Morgan fingerprint density at radius 2 is 1.79 bits per heavy atom. The summed E-state index contributed by atoms with van der Waals surface area (Å²) in [6.45, 7) is 3.92. The molecule has 102 valence electrons. The minimum atomic E-state index is 0.945. The van der Waals surface area contributed by atoms with Gasteiger partial charge in [-0.05, 0) is 53.9 Å². The number of hydrogen-bond acceptors (Lipinski definition) is 3. The highest BCUT2D eigenvalue weighted by atomic mass is 79.9. The van der Waals surface area contributed by atoms with E-state index in [2.05, 4.69) is 80.2 Å². The number of halogens is 4. The van der Waals surface area contributed by atoms with Gasteiger partial charge in [0.25, 0.3) is 0 Å². The highest BCUT2D eigenvalue weighted by Crippen LogP contribution is 2.39. The van der Waals surface area contributed by atoms with Gasteiger partial charge < -0.3 is 10.2 Å². The summed E-state index contributed by atoms with van der Waals surface area (Å²) < 4.78 is 4.92. The smallest absolute Gasteiger partial charge is 0.217 e. The van der Waals surface area contributed by atoms with Crippen LogP contribution in [0.25, 0.3) is 11.0 Å². The Bertz CT molecular complexity index is 633. The molecule has 1 aromatic heterocycles. The second-order valence-corrected chi connectivity index (χ2v) is 7.43. The lowest BCUT2D eigenvalue weighted by atomic mass is 10.3. The van der Waals surface area contributed by atoms with Crippen LogP contribution in [-0.4, -0.2) is 34.8 Å². The molecule has 0 bridgehead atoms. The maximum Gasteiger partial charge on any atom is 0.217 e. The highest BCUT2D eigenvalue weighted by Gasteiger charge is 2.21. The fourth-order valence-electron chi connectivity index (χ4n) is 2.14. The van der Waals surface area contributed by atoms with Crippen LogP contribution in [-0.2, 0) is 0 Å². The summed E-state index contributed by atoms with van der Waals surface area (Å²) in [5.74, 6) is 0.946. The van der Waals surface area contributed by atoms with Gasteiger partial charge in [-0.15, -0.1) is 0 Å². The number of aromatic nitrogens is 2. The normalized spacial score (nSPS) is 16.3. The molecule has 2 heterocycles. The van der Waals surface area contributed by atoms with E-state index >= 15 is 0 Å². The van der Waals surface area contributed by atoms with E-state index in [1.807, 2.05) is 3.59 Å². The average molecular weight is 518 g/mol. The molecule has 1 saturated heterocycles. The Balaban J connectivity index is 2.17. The summed E-state index contributed by atoms with van der Waals surface area (Å²) >= 11 is 14.3. The van der Waals surface area contributed by atoms with Gasteiger partial charge in [-0.2, -0.15) is 0 Å². The van der Waals surface area contributed by atoms with E-state index in [4.69, 9.17) is 4.98 Å². The number of anilines is 1. The predicted octanol–water partition coefficient (Wildman–Crippen LogP) is 3.89. The molecule has 0 saturated carbocycles. The molecule has 1 aliphatic heterocycles. The zero-order valence-electron chi connectivity index (χ0n) is 9.76. The number of benzene rings is 1. The molecule has 1 aliphatic rings. The van der Waals surface area contributed by atoms with E-state index in [9.17, 15) is 0 Å². The minimum absolute atomic E-state index is 0.945. The molecule has 0 unspecified atom stereocenters. The molecule has 0 amide bonds. The summed E-state index contributed by atoms with van der Waals surface area (Å²) in [5, 5.41) is 3.35. The topological polar surface area (TPSA) is 33.1 Å². The predicted molar refractivity (Wildman–Crippen MR) is 92.2 cm³/mol. The number of fused-ring (bicyclic) bond motifs is 1. The maximum absolute atomic E-state index is 4.75. The van der Waals surface area contributed by atoms with Crippen LogP contribution in [0, 0.1) is 0 Å². The summed E-state index contributed by atoms with van der Waals surface area (Å²) in [5.41, 5.74) is 1.98. The average Bonchev–Trinajstić information content (AvgIpc) is 2.75. The highest BCUT2D eigenvalue weighted by molar-refractivity contribution is 9.14. The van der Waals surface area contributed by atoms with Gasteiger partial charge in [0.2, 0.25) is 5.95 Å². The Kier molecular flexibility index (Phi) is 4.24. The summed E-state index contributed by atoms with van der Waals surface area (Å²) in [4.78, 5) is 7.03. The molecular formula is C11H10Br4N4. The second-order valence-electron chi connectivity index (χ2n) is 4.28. The monoisotopic (exact) mass is 514 g/mol. The van der Waals surface area contributed by atoms with Crippen molar-refractivity contribution in [1.82, 2.24) is 13.9 Å². The first-order valence-corrected chi connectivity index (χ1v) is 8.86. The molecule has 4 nitrogen and oxygen atoms in total. The summed E-state index contributed by atoms with van der Waals surface area (Å²) in [6, 6.07) is 2.05. The third-order valence-corrected chi connectivity index (χ3v) is 7.10. The van der Waals surface area contributed by atoms with Crippen molar-refractivity contribution in [3.63, 3.8) is 0 Å². The van der Waals surface area contributed by atoms with Crippen LogP contribution < -0.4 is 10.2 Å². The molecule has 3 rings (SSSR count). The van der Waals surface area contributed by atoms with E-state index < -0.39 is 0 Å². The first kappa shape index (κ1) is 14.3. The lowest BCUT2D eigenvalue weighted by Gasteiger charge is -2.27. The van der Waals surface area contributed by atoms with Crippen molar-refractivity contribution in [2.45, 2.75) is 0 Å². The number of rotatable bonds is 1. The number of hydrogen-bond donors (Lipinski definition) is 1. The van der Waals surface area contributed by atoms with E-state index in [1.54, 1.807) is 0 Å². The Hall–Kier alpha value is 0.370. The van der Waals surface area contributed by atoms with Crippen LogP contribution >= 0.6 is 63.9 Å². The fraction of sp³-hybridized carbons (Fsp3) is 0.364. The molecule has 1 aromatic carbocycles. The van der Waals surface area contributed by atoms with E-state index in [-0.39, 0.29) is 0 Å². The van der Waals surface area contributed by atoms with Crippen LogP contribution in [0.5, 0.6) is 0 Å². The van der Waals surface area contributed by atoms with Gasteiger partial charge >= 0.3 is 0 Å². The molecule has 1 N–H and O–H groups in total. The summed E-state index contributed by atoms with van der Waals surface area (Å²) in [7, 11) is 0. The van der Waals surface area contributed by atoms with E-state index in [0.29, 0.717) is 0 Å². The zero-order valence-corrected chi connectivity index (χ0v) is 16.1. The van der Waals surface area contributed by atoms with Crippen LogP contribution in [0.1, 0.15) is 0 Å². The van der Waals surface area contributed by atoms with Gasteiger partial charge in [0.1, 0.15) is 5.52 Å². The van der Waals surface area contributed by atoms with Gasteiger partial charge in [-0.3, -0.25) is 0 Å². The Morgan fingerprint density at radius 3 is 2.47 bits per heavy atom.